The summed E-state index contributed by atoms with van der Waals surface area (Å²) >= 11 is 5.89. The van der Waals surface area contributed by atoms with E-state index >= 15 is 0 Å². The maximum absolute atomic E-state index is 12.5. The molecule has 0 unspecified atom stereocenters. The minimum Gasteiger partial charge on any atom is -0.323 e. The largest absolute Gasteiger partial charge is 0.323 e. The lowest BCUT2D eigenvalue weighted by Gasteiger charge is -2.12. The Morgan fingerprint density at radius 1 is 1.16 bits per heavy atom. The van der Waals surface area contributed by atoms with Crippen LogP contribution in [0.15, 0.2) is 36.4 Å². The number of nitrogens with zero attached hydrogens (tertiary/aromatic N) is 1. The summed E-state index contributed by atoms with van der Waals surface area (Å²) in [5.74, 6) is -1.68. The number of non-ortho nitro benzene ring substituents is 1. The Labute approximate surface area is 146 Å². The molecule has 0 saturated carbocycles. The van der Waals surface area contributed by atoms with E-state index in [9.17, 15) is 24.1 Å². The Balaban J connectivity index is 2.41. The lowest BCUT2D eigenvalue weighted by atomic mass is 10.1. The molecule has 2 rings (SSSR count). The SMILES string of the molecule is Cc1ccc(Cl)cc1NC(=O)c1cc([N+](=O)[O-])ccc1NC(=O)CF. The Morgan fingerprint density at radius 2 is 1.88 bits per heavy atom. The molecule has 0 atom stereocenters. The standard InChI is InChI=1S/C16H13ClFN3O4/c1-9-2-3-10(17)6-14(9)20-16(23)12-7-11(21(24)25)4-5-13(12)19-15(22)8-18/h2-7H,8H2,1H3,(H,19,22)(H,20,23). The normalized spacial score (nSPS) is 10.2. The number of nitro benzene ring substituents is 1. The molecule has 0 fully saturated rings. The quantitative estimate of drug-likeness (QED) is 0.622. The number of alkyl halides is 1. The van der Waals surface area contributed by atoms with Crippen LogP contribution in [0.5, 0.6) is 0 Å². The van der Waals surface area contributed by atoms with Crippen LogP contribution in [-0.4, -0.2) is 23.4 Å². The average molecular weight is 366 g/mol. The third-order valence-corrected chi connectivity index (χ3v) is 3.54. The molecule has 0 aliphatic rings. The van der Waals surface area contributed by atoms with E-state index in [1.807, 2.05) is 0 Å². The Bertz CT molecular complexity index is 857. The van der Waals surface area contributed by atoms with Crippen molar-refractivity contribution in [2.75, 3.05) is 17.3 Å². The lowest BCUT2D eigenvalue weighted by molar-refractivity contribution is -0.384. The van der Waals surface area contributed by atoms with Gasteiger partial charge in [0.25, 0.3) is 17.5 Å². The number of hydrogen-bond acceptors (Lipinski definition) is 4. The van der Waals surface area contributed by atoms with Crippen molar-refractivity contribution in [1.29, 1.82) is 0 Å². The van der Waals surface area contributed by atoms with Crippen molar-refractivity contribution < 1.29 is 18.9 Å². The van der Waals surface area contributed by atoms with Crippen LogP contribution in [0.4, 0.5) is 21.5 Å². The van der Waals surface area contributed by atoms with E-state index in [0.29, 0.717) is 10.7 Å². The van der Waals surface area contributed by atoms with Crippen LogP contribution in [0.1, 0.15) is 15.9 Å². The number of nitrogens with one attached hydrogen (secondary N) is 2. The van der Waals surface area contributed by atoms with Gasteiger partial charge in [-0.15, -0.1) is 0 Å². The van der Waals surface area contributed by atoms with Gasteiger partial charge < -0.3 is 10.6 Å². The first-order valence-corrected chi connectivity index (χ1v) is 7.41. The van der Waals surface area contributed by atoms with E-state index in [4.69, 9.17) is 11.6 Å². The molecule has 0 spiro atoms. The molecule has 2 aromatic rings. The monoisotopic (exact) mass is 365 g/mol. The first-order chi connectivity index (χ1) is 11.8. The number of benzene rings is 2. The number of aryl methyl sites for hydroxylation is 1. The van der Waals surface area contributed by atoms with Gasteiger partial charge in [-0.1, -0.05) is 17.7 Å². The third kappa shape index (κ3) is 4.51. The predicted molar refractivity (Wildman–Crippen MR) is 91.8 cm³/mol. The molecule has 25 heavy (non-hydrogen) atoms. The zero-order chi connectivity index (χ0) is 18.6. The predicted octanol–water partition coefficient (Wildman–Crippen LogP) is 3.72. The summed E-state index contributed by atoms with van der Waals surface area (Å²) in [6.07, 6.45) is 0. The molecular weight excluding hydrogens is 353 g/mol. The van der Waals surface area contributed by atoms with Crippen LogP contribution in [0, 0.1) is 17.0 Å². The molecule has 0 heterocycles. The number of amides is 2. The van der Waals surface area contributed by atoms with Gasteiger partial charge in [-0.3, -0.25) is 19.7 Å². The van der Waals surface area contributed by atoms with Crippen molar-refractivity contribution in [3.63, 3.8) is 0 Å². The van der Waals surface area contributed by atoms with E-state index < -0.39 is 23.4 Å². The summed E-state index contributed by atoms with van der Waals surface area (Å²) in [7, 11) is 0. The van der Waals surface area contributed by atoms with Crippen LogP contribution in [-0.2, 0) is 4.79 Å². The van der Waals surface area contributed by atoms with E-state index in [0.717, 1.165) is 17.7 Å². The van der Waals surface area contributed by atoms with Crippen LogP contribution in [0.3, 0.4) is 0 Å². The maximum Gasteiger partial charge on any atom is 0.270 e. The zero-order valence-corrected chi connectivity index (χ0v) is 13.8. The molecule has 0 saturated heterocycles. The van der Waals surface area contributed by atoms with Gasteiger partial charge in [0.1, 0.15) is 0 Å². The number of anilines is 2. The second-order valence-electron chi connectivity index (χ2n) is 5.08. The smallest absolute Gasteiger partial charge is 0.270 e. The zero-order valence-electron chi connectivity index (χ0n) is 13.0. The second-order valence-corrected chi connectivity index (χ2v) is 5.52. The van der Waals surface area contributed by atoms with Gasteiger partial charge in [-0.25, -0.2) is 4.39 Å². The average Bonchev–Trinajstić information content (AvgIpc) is 2.58. The lowest BCUT2D eigenvalue weighted by Crippen LogP contribution is -2.19. The van der Waals surface area contributed by atoms with Gasteiger partial charge in [-0.05, 0) is 30.7 Å². The first kappa shape index (κ1) is 18.3. The summed E-state index contributed by atoms with van der Waals surface area (Å²) in [4.78, 5) is 34.0. The first-order valence-electron chi connectivity index (χ1n) is 7.03. The number of nitro groups is 1. The van der Waals surface area contributed by atoms with Crippen molar-refractivity contribution in [3.05, 3.63) is 62.7 Å². The molecule has 0 bridgehead atoms. The van der Waals surface area contributed by atoms with Crippen molar-refractivity contribution in [3.8, 4) is 0 Å². The van der Waals surface area contributed by atoms with E-state index in [-0.39, 0.29) is 16.9 Å². The molecule has 7 nitrogen and oxygen atoms in total. The molecule has 2 aromatic carbocycles. The van der Waals surface area contributed by atoms with E-state index in [1.165, 1.54) is 12.1 Å². The van der Waals surface area contributed by atoms with Crippen molar-refractivity contribution in [2.24, 2.45) is 0 Å². The minimum atomic E-state index is -1.29. The molecule has 9 heteroatoms. The van der Waals surface area contributed by atoms with Crippen molar-refractivity contribution >= 4 is 40.5 Å². The summed E-state index contributed by atoms with van der Waals surface area (Å²) in [6.45, 7) is 0.455. The highest BCUT2D eigenvalue weighted by Crippen LogP contribution is 2.25. The molecule has 130 valence electrons. The van der Waals surface area contributed by atoms with Gasteiger partial charge in [0.2, 0.25) is 0 Å². The molecule has 2 N–H and O–H groups in total. The van der Waals surface area contributed by atoms with Crippen LogP contribution in [0.2, 0.25) is 5.02 Å². The summed E-state index contributed by atoms with van der Waals surface area (Å²) in [5.41, 5.74) is 0.580. The highest BCUT2D eigenvalue weighted by atomic mass is 35.5. The highest BCUT2D eigenvalue weighted by molar-refractivity contribution is 6.31. The van der Waals surface area contributed by atoms with Gasteiger partial charge >= 0.3 is 0 Å². The van der Waals surface area contributed by atoms with Gasteiger partial charge in [0.15, 0.2) is 6.67 Å². The Morgan fingerprint density at radius 3 is 2.52 bits per heavy atom. The van der Waals surface area contributed by atoms with Crippen LogP contribution in [0.25, 0.3) is 0 Å². The van der Waals surface area contributed by atoms with Crippen LogP contribution >= 0.6 is 11.6 Å². The fourth-order valence-corrected chi connectivity index (χ4v) is 2.22. The Hall–Kier alpha value is -3.00. The number of carbonyl (C=O) groups is 2. The van der Waals surface area contributed by atoms with E-state index in [2.05, 4.69) is 10.6 Å². The third-order valence-electron chi connectivity index (χ3n) is 3.30. The van der Waals surface area contributed by atoms with E-state index in [1.54, 1.807) is 19.1 Å². The van der Waals surface area contributed by atoms with Gasteiger partial charge in [0.05, 0.1) is 16.2 Å². The Kier molecular flexibility index (Phi) is 5.66. The topological polar surface area (TPSA) is 101 Å². The fraction of sp³-hybridized carbons (Fsp3) is 0.125. The number of carbonyl (C=O) groups excluding carboxylic acids is 2. The molecule has 0 aliphatic carbocycles. The van der Waals surface area contributed by atoms with Crippen molar-refractivity contribution in [1.82, 2.24) is 0 Å². The maximum atomic E-state index is 12.5. The van der Waals surface area contributed by atoms with Crippen molar-refractivity contribution in [2.45, 2.75) is 6.92 Å². The van der Waals surface area contributed by atoms with Crippen LogP contribution < -0.4 is 10.6 Å². The number of hydrogen-bond donors (Lipinski definition) is 2. The van der Waals surface area contributed by atoms with Gasteiger partial charge in [-0.2, -0.15) is 0 Å². The second kappa shape index (κ2) is 7.71. The molecule has 0 radical (unpaired) electrons. The summed E-state index contributed by atoms with van der Waals surface area (Å²) < 4.78 is 12.4. The molecule has 0 aliphatic heterocycles. The highest BCUT2D eigenvalue weighted by Gasteiger charge is 2.19. The molecular formula is C16H13ClFN3O4. The number of halogens is 2. The number of rotatable bonds is 5. The summed E-state index contributed by atoms with van der Waals surface area (Å²) in [6, 6.07) is 8.14. The molecule has 0 aromatic heterocycles. The fourth-order valence-electron chi connectivity index (χ4n) is 2.04. The molecule has 2 amide bonds. The summed E-state index contributed by atoms with van der Waals surface area (Å²) in [5, 5.41) is 16.1. The van der Waals surface area contributed by atoms with Gasteiger partial charge in [0, 0.05) is 22.8 Å². The minimum absolute atomic E-state index is 0.0366.